The molecule has 0 saturated carbocycles. The molecule has 88 valence electrons. The highest BCUT2D eigenvalue weighted by atomic mass is 16.3. The molecule has 0 aromatic carbocycles. The van der Waals surface area contributed by atoms with Crippen molar-refractivity contribution in [3.63, 3.8) is 0 Å². The molecule has 0 unspecified atom stereocenters. The van der Waals surface area contributed by atoms with Gasteiger partial charge in [-0.1, -0.05) is 13.0 Å². The second-order valence-corrected chi connectivity index (χ2v) is 4.74. The van der Waals surface area contributed by atoms with Gasteiger partial charge in [0.25, 0.3) is 0 Å². The van der Waals surface area contributed by atoms with Crippen molar-refractivity contribution in [2.24, 2.45) is 5.92 Å². The predicted molar refractivity (Wildman–Crippen MR) is 65.5 cm³/mol. The third kappa shape index (κ3) is 2.35. The fourth-order valence-electron chi connectivity index (χ4n) is 2.16. The van der Waals surface area contributed by atoms with E-state index in [1.807, 2.05) is 19.1 Å². The Morgan fingerprint density at radius 3 is 2.62 bits per heavy atom. The standard InChI is InChI=1S/C13H20N2O/c1-10-5-7-15(8-6-10)13-4-3-12(9-16)11(2)14-13/h3-4,10,16H,5-9H2,1-2H3. The van der Waals surface area contributed by atoms with Gasteiger partial charge in [0.15, 0.2) is 0 Å². The molecule has 0 bridgehead atoms. The number of nitrogens with zero attached hydrogens (tertiary/aromatic N) is 2. The fourth-order valence-corrected chi connectivity index (χ4v) is 2.16. The van der Waals surface area contributed by atoms with Gasteiger partial charge in [-0.2, -0.15) is 0 Å². The van der Waals surface area contributed by atoms with Crippen LogP contribution in [0.4, 0.5) is 5.82 Å². The van der Waals surface area contributed by atoms with Gasteiger partial charge in [-0.25, -0.2) is 4.98 Å². The number of aryl methyl sites for hydroxylation is 1. The maximum absolute atomic E-state index is 9.10. The molecule has 16 heavy (non-hydrogen) atoms. The summed E-state index contributed by atoms with van der Waals surface area (Å²) >= 11 is 0. The van der Waals surface area contributed by atoms with Crippen molar-refractivity contribution in [1.29, 1.82) is 0 Å². The predicted octanol–water partition coefficient (Wildman–Crippen LogP) is 2.12. The van der Waals surface area contributed by atoms with Crippen LogP contribution in [0.5, 0.6) is 0 Å². The third-order valence-electron chi connectivity index (χ3n) is 3.46. The molecule has 0 amide bonds. The number of hydrogen-bond donors (Lipinski definition) is 1. The second kappa shape index (κ2) is 4.83. The number of pyridine rings is 1. The Morgan fingerprint density at radius 2 is 2.06 bits per heavy atom. The molecule has 1 aliphatic heterocycles. The normalized spacial score (nSPS) is 17.8. The molecule has 3 nitrogen and oxygen atoms in total. The molecule has 1 aromatic rings. The molecule has 2 rings (SSSR count). The van der Waals surface area contributed by atoms with Crippen LogP contribution in [0.15, 0.2) is 12.1 Å². The first-order valence-corrected chi connectivity index (χ1v) is 6.03. The number of aliphatic hydroxyl groups is 1. The monoisotopic (exact) mass is 220 g/mol. The second-order valence-electron chi connectivity index (χ2n) is 4.74. The number of piperidine rings is 1. The van der Waals surface area contributed by atoms with Gasteiger partial charge in [-0.15, -0.1) is 0 Å². The first-order valence-electron chi connectivity index (χ1n) is 6.03. The summed E-state index contributed by atoms with van der Waals surface area (Å²) in [5.41, 5.74) is 1.87. The highest BCUT2D eigenvalue weighted by molar-refractivity contribution is 5.41. The Labute approximate surface area is 97.1 Å². The van der Waals surface area contributed by atoms with Gasteiger partial charge < -0.3 is 10.0 Å². The molecule has 0 aliphatic carbocycles. The smallest absolute Gasteiger partial charge is 0.128 e. The maximum Gasteiger partial charge on any atom is 0.128 e. The molecule has 0 atom stereocenters. The van der Waals surface area contributed by atoms with E-state index in [1.54, 1.807) is 0 Å². The first kappa shape index (κ1) is 11.4. The molecule has 1 aliphatic rings. The lowest BCUT2D eigenvalue weighted by atomic mass is 9.99. The molecule has 1 aromatic heterocycles. The molecule has 1 N–H and O–H groups in total. The number of aliphatic hydroxyl groups excluding tert-OH is 1. The Balaban J connectivity index is 2.12. The van der Waals surface area contributed by atoms with Crippen LogP contribution in [-0.2, 0) is 6.61 Å². The largest absolute Gasteiger partial charge is 0.392 e. The van der Waals surface area contributed by atoms with Crippen molar-refractivity contribution in [3.8, 4) is 0 Å². The van der Waals surface area contributed by atoms with Gasteiger partial charge in [-0.3, -0.25) is 0 Å². The molecular weight excluding hydrogens is 200 g/mol. The Morgan fingerprint density at radius 1 is 1.38 bits per heavy atom. The zero-order valence-electron chi connectivity index (χ0n) is 10.1. The Hall–Kier alpha value is -1.09. The van der Waals surface area contributed by atoms with Gasteiger partial charge in [0, 0.05) is 18.8 Å². The summed E-state index contributed by atoms with van der Waals surface area (Å²) in [7, 11) is 0. The van der Waals surface area contributed by atoms with E-state index in [0.717, 1.165) is 36.1 Å². The average Bonchev–Trinajstić information content (AvgIpc) is 2.30. The van der Waals surface area contributed by atoms with Crippen molar-refractivity contribution < 1.29 is 5.11 Å². The summed E-state index contributed by atoms with van der Waals surface area (Å²) in [6, 6.07) is 4.00. The lowest BCUT2D eigenvalue weighted by Gasteiger charge is -2.31. The van der Waals surface area contributed by atoms with Crippen LogP contribution >= 0.6 is 0 Å². The van der Waals surface area contributed by atoms with Crippen LogP contribution in [0.3, 0.4) is 0 Å². The van der Waals surface area contributed by atoms with E-state index in [4.69, 9.17) is 5.11 Å². The van der Waals surface area contributed by atoms with Gasteiger partial charge >= 0.3 is 0 Å². The van der Waals surface area contributed by atoms with Crippen LogP contribution in [-0.4, -0.2) is 23.2 Å². The van der Waals surface area contributed by atoms with Gasteiger partial charge in [0.05, 0.1) is 6.61 Å². The molecule has 1 saturated heterocycles. The van der Waals surface area contributed by atoms with E-state index in [9.17, 15) is 0 Å². The van der Waals surface area contributed by atoms with Crippen molar-refractivity contribution in [2.75, 3.05) is 18.0 Å². The van der Waals surface area contributed by atoms with Crippen molar-refractivity contribution in [3.05, 3.63) is 23.4 Å². The number of hydrogen-bond acceptors (Lipinski definition) is 3. The minimum absolute atomic E-state index is 0.0795. The quantitative estimate of drug-likeness (QED) is 0.829. The van der Waals surface area contributed by atoms with Gasteiger partial charge in [0.1, 0.15) is 5.82 Å². The van der Waals surface area contributed by atoms with Crippen LogP contribution in [0.1, 0.15) is 31.0 Å². The molecule has 3 heteroatoms. The number of anilines is 1. The lowest BCUT2D eigenvalue weighted by molar-refractivity contribution is 0.280. The van der Waals surface area contributed by atoms with E-state index in [-0.39, 0.29) is 6.61 Å². The van der Waals surface area contributed by atoms with E-state index in [1.165, 1.54) is 12.8 Å². The summed E-state index contributed by atoms with van der Waals surface area (Å²) in [6.45, 7) is 6.56. The summed E-state index contributed by atoms with van der Waals surface area (Å²) in [4.78, 5) is 6.90. The Kier molecular flexibility index (Phi) is 3.44. The van der Waals surface area contributed by atoms with Gasteiger partial charge in [0.2, 0.25) is 0 Å². The molecule has 0 radical (unpaired) electrons. The average molecular weight is 220 g/mol. The summed E-state index contributed by atoms with van der Waals surface area (Å²) in [5.74, 6) is 1.90. The summed E-state index contributed by atoms with van der Waals surface area (Å²) in [6.07, 6.45) is 2.50. The van der Waals surface area contributed by atoms with Crippen LogP contribution in [0, 0.1) is 12.8 Å². The SMILES string of the molecule is Cc1nc(N2CCC(C)CC2)ccc1CO. The highest BCUT2D eigenvalue weighted by Crippen LogP contribution is 2.22. The van der Waals surface area contributed by atoms with Crippen LogP contribution < -0.4 is 4.90 Å². The zero-order chi connectivity index (χ0) is 11.5. The van der Waals surface area contributed by atoms with Crippen molar-refractivity contribution in [1.82, 2.24) is 4.98 Å². The van der Waals surface area contributed by atoms with E-state index < -0.39 is 0 Å². The third-order valence-corrected chi connectivity index (χ3v) is 3.46. The Bertz CT molecular complexity index is 357. The maximum atomic E-state index is 9.10. The van der Waals surface area contributed by atoms with E-state index in [2.05, 4.69) is 16.8 Å². The molecule has 1 fully saturated rings. The summed E-state index contributed by atoms with van der Waals surface area (Å²) < 4.78 is 0. The van der Waals surface area contributed by atoms with E-state index in [0.29, 0.717) is 0 Å². The topological polar surface area (TPSA) is 36.4 Å². The van der Waals surface area contributed by atoms with Crippen molar-refractivity contribution >= 4 is 5.82 Å². The molecule has 0 spiro atoms. The van der Waals surface area contributed by atoms with Gasteiger partial charge in [-0.05, 0) is 37.3 Å². The summed E-state index contributed by atoms with van der Waals surface area (Å²) in [5, 5.41) is 9.10. The highest BCUT2D eigenvalue weighted by Gasteiger charge is 2.17. The number of rotatable bonds is 2. The van der Waals surface area contributed by atoms with Crippen LogP contribution in [0.2, 0.25) is 0 Å². The van der Waals surface area contributed by atoms with Crippen LogP contribution in [0.25, 0.3) is 0 Å². The minimum atomic E-state index is 0.0795. The minimum Gasteiger partial charge on any atom is -0.392 e. The van der Waals surface area contributed by atoms with Crippen molar-refractivity contribution in [2.45, 2.75) is 33.3 Å². The number of aromatic nitrogens is 1. The lowest BCUT2D eigenvalue weighted by Crippen LogP contribution is -2.33. The fraction of sp³-hybridized carbons (Fsp3) is 0.615. The molecular formula is C13H20N2O. The zero-order valence-corrected chi connectivity index (χ0v) is 10.1. The van der Waals surface area contributed by atoms with E-state index >= 15 is 0 Å². The first-order chi connectivity index (χ1) is 7.70. The molecule has 2 heterocycles.